The van der Waals surface area contributed by atoms with Gasteiger partial charge in [-0.1, -0.05) is 19.4 Å². The maximum Gasteiger partial charge on any atom is 0.203 e. The summed E-state index contributed by atoms with van der Waals surface area (Å²) in [6, 6.07) is 4.00. The predicted octanol–water partition coefficient (Wildman–Crippen LogP) is 3.03. The average Bonchev–Trinajstić information content (AvgIpc) is 2.49. The highest BCUT2D eigenvalue weighted by Crippen LogP contribution is 2.40. The summed E-state index contributed by atoms with van der Waals surface area (Å²) in [6.07, 6.45) is 4.57. The first-order valence-electron chi connectivity index (χ1n) is 7.27. The Labute approximate surface area is 122 Å². The van der Waals surface area contributed by atoms with Gasteiger partial charge in [-0.15, -0.1) is 0 Å². The zero-order valence-corrected chi connectivity index (χ0v) is 13.1. The lowest BCUT2D eigenvalue weighted by Crippen LogP contribution is -2.13. The summed E-state index contributed by atoms with van der Waals surface area (Å²) in [7, 11) is 4.95. The Morgan fingerprint density at radius 2 is 1.65 bits per heavy atom. The molecule has 0 saturated carbocycles. The fourth-order valence-electron chi connectivity index (χ4n) is 2.28. The molecular formula is C16H27NO3. The molecule has 0 aliphatic heterocycles. The minimum atomic E-state index is 0.681. The molecule has 0 aliphatic carbocycles. The SMILES string of the molecule is CCNCCCCCc1ccc(OC)c(OC)c1OC. The van der Waals surface area contributed by atoms with Crippen LogP contribution in [0.15, 0.2) is 12.1 Å². The van der Waals surface area contributed by atoms with Crippen LogP contribution in [-0.4, -0.2) is 34.4 Å². The summed E-state index contributed by atoms with van der Waals surface area (Å²) in [4.78, 5) is 0. The Kier molecular flexibility index (Phi) is 7.88. The summed E-state index contributed by atoms with van der Waals surface area (Å²) in [6.45, 7) is 4.28. The lowest BCUT2D eigenvalue weighted by Gasteiger charge is -2.15. The second-order valence-electron chi connectivity index (χ2n) is 4.66. The van der Waals surface area contributed by atoms with Crippen molar-refractivity contribution in [1.29, 1.82) is 0 Å². The minimum absolute atomic E-state index is 0.681. The summed E-state index contributed by atoms with van der Waals surface area (Å²) < 4.78 is 16.2. The maximum absolute atomic E-state index is 5.49. The van der Waals surface area contributed by atoms with E-state index >= 15 is 0 Å². The summed E-state index contributed by atoms with van der Waals surface area (Å²) in [5.41, 5.74) is 1.17. The van der Waals surface area contributed by atoms with Crippen LogP contribution >= 0.6 is 0 Å². The van der Waals surface area contributed by atoms with E-state index in [1.54, 1.807) is 21.3 Å². The predicted molar refractivity (Wildman–Crippen MR) is 82.2 cm³/mol. The van der Waals surface area contributed by atoms with Crippen LogP contribution in [0.2, 0.25) is 0 Å². The standard InChI is InChI=1S/C16H27NO3/c1-5-17-12-8-6-7-9-13-10-11-14(18-2)16(20-4)15(13)19-3/h10-11,17H,5-9,12H2,1-4H3. The molecule has 1 N–H and O–H groups in total. The van der Waals surface area contributed by atoms with Gasteiger partial charge >= 0.3 is 0 Å². The Hall–Kier alpha value is -1.42. The van der Waals surface area contributed by atoms with Crippen molar-refractivity contribution in [3.8, 4) is 17.2 Å². The van der Waals surface area contributed by atoms with Crippen molar-refractivity contribution in [3.05, 3.63) is 17.7 Å². The van der Waals surface area contributed by atoms with Crippen molar-refractivity contribution >= 4 is 0 Å². The van der Waals surface area contributed by atoms with E-state index < -0.39 is 0 Å². The molecule has 0 spiro atoms. The number of benzene rings is 1. The molecule has 0 aromatic heterocycles. The van der Waals surface area contributed by atoms with E-state index in [-0.39, 0.29) is 0 Å². The third kappa shape index (κ3) is 4.60. The van der Waals surface area contributed by atoms with Crippen molar-refractivity contribution in [3.63, 3.8) is 0 Å². The van der Waals surface area contributed by atoms with Gasteiger partial charge in [0, 0.05) is 0 Å². The molecule has 1 aromatic carbocycles. The van der Waals surface area contributed by atoms with Crippen LogP contribution < -0.4 is 19.5 Å². The number of hydrogen-bond acceptors (Lipinski definition) is 4. The van der Waals surface area contributed by atoms with Gasteiger partial charge in [-0.25, -0.2) is 0 Å². The van der Waals surface area contributed by atoms with Crippen LogP contribution in [-0.2, 0) is 6.42 Å². The second-order valence-corrected chi connectivity index (χ2v) is 4.66. The second kappa shape index (κ2) is 9.48. The van der Waals surface area contributed by atoms with E-state index in [1.165, 1.54) is 18.4 Å². The van der Waals surface area contributed by atoms with Crippen LogP contribution in [0.5, 0.6) is 17.2 Å². The van der Waals surface area contributed by atoms with Gasteiger partial charge in [0.05, 0.1) is 21.3 Å². The lowest BCUT2D eigenvalue weighted by atomic mass is 10.0. The average molecular weight is 281 g/mol. The molecule has 0 saturated heterocycles. The van der Waals surface area contributed by atoms with Crippen molar-refractivity contribution in [2.75, 3.05) is 34.4 Å². The molecule has 114 valence electrons. The smallest absolute Gasteiger partial charge is 0.203 e. The van der Waals surface area contributed by atoms with Crippen LogP contribution in [0.1, 0.15) is 31.7 Å². The summed E-state index contributed by atoms with van der Waals surface area (Å²) in [5.74, 6) is 2.18. The summed E-state index contributed by atoms with van der Waals surface area (Å²) >= 11 is 0. The Bertz CT molecular complexity index is 394. The van der Waals surface area contributed by atoms with Gasteiger partial charge in [-0.05, 0) is 44.0 Å². The number of ether oxygens (including phenoxy) is 3. The van der Waals surface area contributed by atoms with E-state index in [9.17, 15) is 0 Å². The van der Waals surface area contributed by atoms with Gasteiger partial charge in [-0.2, -0.15) is 0 Å². The van der Waals surface area contributed by atoms with Crippen molar-refractivity contribution in [2.45, 2.75) is 32.6 Å². The molecule has 4 nitrogen and oxygen atoms in total. The molecule has 0 aliphatic rings. The van der Waals surface area contributed by atoms with Crippen LogP contribution in [0.25, 0.3) is 0 Å². The first-order chi connectivity index (χ1) is 9.78. The van der Waals surface area contributed by atoms with E-state index in [2.05, 4.69) is 18.3 Å². The molecule has 0 fully saturated rings. The third-order valence-electron chi connectivity index (χ3n) is 3.34. The number of aryl methyl sites for hydroxylation is 1. The molecule has 0 atom stereocenters. The van der Waals surface area contributed by atoms with Crippen LogP contribution in [0.3, 0.4) is 0 Å². The first-order valence-corrected chi connectivity index (χ1v) is 7.27. The van der Waals surface area contributed by atoms with Gasteiger partial charge in [0.15, 0.2) is 11.5 Å². The van der Waals surface area contributed by atoms with E-state index in [0.717, 1.165) is 31.7 Å². The maximum atomic E-state index is 5.49. The highest BCUT2D eigenvalue weighted by molar-refractivity contribution is 5.55. The number of unbranched alkanes of at least 4 members (excludes halogenated alkanes) is 2. The fourth-order valence-corrected chi connectivity index (χ4v) is 2.28. The molecule has 0 bridgehead atoms. The number of methoxy groups -OCH3 is 3. The molecule has 20 heavy (non-hydrogen) atoms. The Morgan fingerprint density at radius 3 is 2.25 bits per heavy atom. The van der Waals surface area contributed by atoms with Crippen molar-refractivity contribution < 1.29 is 14.2 Å². The quantitative estimate of drug-likeness (QED) is 0.669. The van der Waals surface area contributed by atoms with Gasteiger partial charge in [0.2, 0.25) is 5.75 Å². The molecule has 0 heterocycles. The highest BCUT2D eigenvalue weighted by Gasteiger charge is 2.15. The van der Waals surface area contributed by atoms with Gasteiger partial charge in [0.25, 0.3) is 0 Å². The zero-order chi connectivity index (χ0) is 14.8. The minimum Gasteiger partial charge on any atom is -0.493 e. The topological polar surface area (TPSA) is 39.7 Å². The largest absolute Gasteiger partial charge is 0.493 e. The van der Waals surface area contributed by atoms with Crippen molar-refractivity contribution in [1.82, 2.24) is 5.32 Å². The zero-order valence-electron chi connectivity index (χ0n) is 13.1. The van der Waals surface area contributed by atoms with E-state index in [4.69, 9.17) is 14.2 Å². The number of hydrogen-bond donors (Lipinski definition) is 1. The van der Waals surface area contributed by atoms with E-state index in [0.29, 0.717) is 11.5 Å². The van der Waals surface area contributed by atoms with Crippen LogP contribution in [0.4, 0.5) is 0 Å². The number of rotatable bonds is 10. The Morgan fingerprint density at radius 1 is 0.900 bits per heavy atom. The third-order valence-corrected chi connectivity index (χ3v) is 3.34. The molecular weight excluding hydrogens is 254 g/mol. The molecule has 4 heteroatoms. The normalized spacial score (nSPS) is 10.4. The molecule has 0 radical (unpaired) electrons. The number of nitrogens with one attached hydrogen (secondary N) is 1. The summed E-state index contributed by atoms with van der Waals surface area (Å²) in [5, 5.41) is 3.34. The Balaban J connectivity index is 2.61. The molecule has 0 amide bonds. The molecule has 1 aromatic rings. The monoisotopic (exact) mass is 281 g/mol. The first kappa shape index (κ1) is 16.6. The fraction of sp³-hybridized carbons (Fsp3) is 0.625. The molecule has 1 rings (SSSR count). The van der Waals surface area contributed by atoms with Gasteiger partial charge in [-0.3, -0.25) is 0 Å². The van der Waals surface area contributed by atoms with E-state index in [1.807, 2.05) is 6.07 Å². The van der Waals surface area contributed by atoms with Gasteiger partial charge < -0.3 is 19.5 Å². The van der Waals surface area contributed by atoms with Crippen molar-refractivity contribution in [2.24, 2.45) is 0 Å². The van der Waals surface area contributed by atoms with Crippen LogP contribution in [0, 0.1) is 0 Å². The highest BCUT2D eigenvalue weighted by atomic mass is 16.5. The van der Waals surface area contributed by atoms with Gasteiger partial charge in [0.1, 0.15) is 0 Å². The lowest BCUT2D eigenvalue weighted by molar-refractivity contribution is 0.322. The molecule has 0 unspecified atom stereocenters.